The number of amides is 1. The van der Waals surface area contributed by atoms with Crippen molar-refractivity contribution in [2.24, 2.45) is 11.8 Å². The summed E-state index contributed by atoms with van der Waals surface area (Å²) in [6, 6.07) is 0.702. The molecule has 1 aliphatic carbocycles. The zero-order chi connectivity index (χ0) is 14.2. The topological polar surface area (TPSA) is 63.1 Å². The number of hydrogen-bond acceptors (Lipinski definition) is 4. The fourth-order valence-corrected chi connectivity index (χ4v) is 4.30. The number of aromatic nitrogens is 3. The first-order chi connectivity index (χ1) is 10.3. The summed E-state index contributed by atoms with van der Waals surface area (Å²) < 4.78 is 1.91. The van der Waals surface area contributed by atoms with Crippen molar-refractivity contribution in [2.75, 3.05) is 19.6 Å². The maximum absolute atomic E-state index is 12.9. The van der Waals surface area contributed by atoms with Crippen LogP contribution in [0.4, 0.5) is 0 Å². The predicted octanol–water partition coefficient (Wildman–Crippen LogP) is 0.830. The third kappa shape index (κ3) is 2.46. The van der Waals surface area contributed by atoms with Gasteiger partial charge in [-0.1, -0.05) is 5.21 Å². The van der Waals surface area contributed by atoms with Gasteiger partial charge >= 0.3 is 0 Å². The van der Waals surface area contributed by atoms with E-state index in [1.165, 1.54) is 12.8 Å². The summed E-state index contributed by atoms with van der Waals surface area (Å²) in [5.41, 5.74) is 0. The second-order valence-corrected chi connectivity index (χ2v) is 6.76. The molecule has 1 aromatic heterocycles. The van der Waals surface area contributed by atoms with Crippen LogP contribution in [0.15, 0.2) is 12.4 Å². The summed E-state index contributed by atoms with van der Waals surface area (Å²) in [6.45, 7) is 2.80. The maximum Gasteiger partial charge on any atom is 0.227 e. The van der Waals surface area contributed by atoms with E-state index in [0.29, 0.717) is 23.9 Å². The van der Waals surface area contributed by atoms with E-state index >= 15 is 0 Å². The minimum atomic E-state index is 0.201. The van der Waals surface area contributed by atoms with E-state index < -0.39 is 0 Å². The Kier molecular flexibility index (Phi) is 3.41. The van der Waals surface area contributed by atoms with Crippen LogP contribution in [0.1, 0.15) is 38.1 Å². The van der Waals surface area contributed by atoms with Gasteiger partial charge in [-0.2, -0.15) is 0 Å². The molecule has 4 atom stereocenters. The fourth-order valence-electron chi connectivity index (χ4n) is 4.30. The summed E-state index contributed by atoms with van der Waals surface area (Å²) in [4.78, 5) is 15.0. The van der Waals surface area contributed by atoms with Crippen molar-refractivity contribution in [3.63, 3.8) is 0 Å². The first-order valence-corrected chi connectivity index (χ1v) is 8.19. The Labute approximate surface area is 124 Å². The van der Waals surface area contributed by atoms with Gasteiger partial charge in [-0.15, -0.1) is 5.10 Å². The Hall–Kier alpha value is -1.43. The molecule has 0 spiro atoms. The number of nitrogens with zero attached hydrogens (tertiary/aromatic N) is 4. The summed E-state index contributed by atoms with van der Waals surface area (Å²) in [5.74, 6) is 1.27. The van der Waals surface area contributed by atoms with Gasteiger partial charge in [0, 0.05) is 25.3 Å². The molecule has 1 saturated carbocycles. The van der Waals surface area contributed by atoms with Gasteiger partial charge in [-0.25, -0.2) is 4.68 Å². The van der Waals surface area contributed by atoms with Gasteiger partial charge in [-0.3, -0.25) is 4.79 Å². The Morgan fingerprint density at radius 3 is 2.90 bits per heavy atom. The maximum atomic E-state index is 12.9. The molecule has 4 unspecified atom stereocenters. The van der Waals surface area contributed by atoms with Gasteiger partial charge in [0.05, 0.1) is 18.2 Å². The molecule has 6 nitrogen and oxygen atoms in total. The number of nitrogens with one attached hydrogen (secondary N) is 1. The van der Waals surface area contributed by atoms with Crippen molar-refractivity contribution >= 4 is 5.91 Å². The second-order valence-electron chi connectivity index (χ2n) is 6.76. The molecule has 114 valence electrons. The lowest BCUT2D eigenvalue weighted by molar-refractivity contribution is -0.141. The molecule has 5 rings (SSSR count). The van der Waals surface area contributed by atoms with E-state index in [2.05, 4.69) is 20.5 Å². The number of piperidine rings is 3. The largest absolute Gasteiger partial charge is 0.340 e. The van der Waals surface area contributed by atoms with E-state index in [1.807, 2.05) is 10.9 Å². The standard InChI is InChI=1S/C15H23N5O/c21-15(13-8-11-3-4-14(13)16-9-11)19-6-1-2-12(10-19)20-7-5-17-18-20/h5,7,11-14,16H,1-4,6,8-10H2. The van der Waals surface area contributed by atoms with Crippen molar-refractivity contribution in [1.29, 1.82) is 0 Å². The van der Waals surface area contributed by atoms with Gasteiger partial charge in [0.15, 0.2) is 0 Å². The smallest absolute Gasteiger partial charge is 0.227 e. The lowest BCUT2D eigenvalue weighted by Gasteiger charge is -2.45. The van der Waals surface area contributed by atoms with Crippen LogP contribution in [0.3, 0.4) is 0 Å². The Balaban J connectivity index is 1.44. The zero-order valence-electron chi connectivity index (χ0n) is 12.3. The summed E-state index contributed by atoms with van der Waals surface area (Å²) in [7, 11) is 0. The molecule has 3 aliphatic heterocycles. The number of rotatable bonds is 2. The average molecular weight is 289 g/mol. The van der Waals surface area contributed by atoms with Gasteiger partial charge in [0.2, 0.25) is 5.91 Å². The molecule has 4 heterocycles. The lowest BCUT2D eigenvalue weighted by atomic mass is 9.73. The molecular formula is C15H23N5O. The van der Waals surface area contributed by atoms with Gasteiger partial charge < -0.3 is 10.2 Å². The van der Waals surface area contributed by atoms with Crippen LogP contribution < -0.4 is 5.32 Å². The molecule has 21 heavy (non-hydrogen) atoms. The predicted molar refractivity (Wildman–Crippen MR) is 77.5 cm³/mol. The third-order valence-electron chi connectivity index (χ3n) is 5.47. The van der Waals surface area contributed by atoms with Crippen LogP contribution in [-0.4, -0.2) is 51.5 Å². The van der Waals surface area contributed by atoms with Crippen LogP contribution in [0, 0.1) is 11.8 Å². The van der Waals surface area contributed by atoms with Crippen LogP contribution in [0.2, 0.25) is 0 Å². The minimum absolute atomic E-state index is 0.201. The Bertz CT molecular complexity index is 494. The highest BCUT2D eigenvalue weighted by Crippen LogP contribution is 2.35. The quantitative estimate of drug-likeness (QED) is 0.876. The van der Waals surface area contributed by atoms with Crippen LogP contribution >= 0.6 is 0 Å². The lowest BCUT2D eigenvalue weighted by Crippen LogP contribution is -2.56. The molecule has 4 aliphatic rings. The monoisotopic (exact) mass is 289 g/mol. The van der Waals surface area contributed by atoms with Crippen LogP contribution in [-0.2, 0) is 4.79 Å². The average Bonchev–Trinajstić information content (AvgIpc) is 3.10. The molecule has 0 aromatic carbocycles. The molecule has 1 N–H and O–H groups in total. The van der Waals surface area contributed by atoms with E-state index in [-0.39, 0.29) is 5.92 Å². The molecule has 1 aromatic rings. The number of carbonyl (C=O) groups is 1. The van der Waals surface area contributed by atoms with Crippen molar-refractivity contribution in [2.45, 2.75) is 44.2 Å². The highest BCUT2D eigenvalue weighted by molar-refractivity contribution is 5.80. The number of fused-ring (bicyclic) bond motifs is 3. The molecular weight excluding hydrogens is 266 g/mol. The van der Waals surface area contributed by atoms with Crippen LogP contribution in [0.5, 0.6) is 0 Å². The molecule has 6 heteroatoms. The number of carbonyl (C=O) groups excluding carboxylic acids is 1. The van der Waals surface area contributed by atoms with Crippen molar-refractivity contribution in [1.82, 2.24) is 25.2 Å². The Morgan fingerprint density at radius 2 is 2.24 bits per heavy atom. The van der Waals surface area contributed by atoms with Crippen molar-refractivity contribution in [3.8, 4) is 0 Å². The van der Waals surface area contributed by atoms with Gasteiger partial charge in [-0.05, 0) is 44.6 Å². The van der Waals surface area contributed by atoms with E-state index in [0.717, 1.165) is 38.9 Å². The third-order valence-corrected chi connectivity index (χ3v) is 5.47. The normalized spacial score (nSPS) is 35.9. The first kappa shape index (κ1) is 13.2. The van der Waals surface area contributed by atoms with Crippen molar-refractivity contribution < 1.29 is 4.79 Å². The highest BCUT2D eigenvalue weighted by Gasteiger charge is 2.41. The molecule has 3 saturated heterocycles. The SMILES string of the molecule is O=C(C1CC2CCC1NC2)N1CCCC(n2ccnn2)C1. The summed E-state index contributed by atoms with van der Waals surface area (Å²) in [5, 5.41) is 11.5. The highest BCUT2D eigenvalue weighted by atomic mass is 16.2. The molecule has 0 radical (unpaired) electrons. The fraction of sp³-hybridized carbons (Fsp3) is 0.800. The van der Waals surface area contributed by atoms with Gasteiger partial charge in [0.25, 0.3) is 0 Å². The van der Waals surface area contributed by atoms with E-state index in [1.54, 1.807) is 6.20 Å². The van der Waals surface area contributed by atoms with Crippen LogP contribution in [0.25, 0.3) is 0 Å². The second kappa shape index (κ2) is 5.40. The van der Waals surface area contributed by atoms with E-state index in [9.17, 15) is 4.79 Å². The molecule has 1 amide bonds. The minimum Gasteiger partial charge on any atom is -0.340 e. The van der Waals surface area contributed by atoms with Crippen molar-refractivity contribution in [3.05, 3.63) is 12.4 Å². The summed E-state index contributed by atoms with van der Waals surface area (Å²) >= 11 is 0. The zero-order valence-corrected chi connectivity index (χ0v) is 12.3. The number of likely N-dealkylation sites (tertiary alicyclic amines) is 1. The first-order valence-electron chi connectivity index (χ1n) is 8.19. The number of hydrogen-bond donors (Lipinski definition) is 1. The summed E-state index contributed by atoms with van der Waals surface area (Å²) in [6.07, 6.45) is 9.31. The Morgan fingerprint density at radius 1 is 1.29 bits per heavy atom. The van der Waals surface area contributed by atoms with Gasteiger partial charge in [0.1, 0.15) is 0 Å². The van der Waals surface area contributed by atoms with E-state index in [4.69, 9.17) is 0 Å². The molecule has 4 fully saturated rings. The molecule has 2 bridgehead atoms.